The molecule has 106 valence electrons. The lowest BCUT2D eigenvalue weighted by molar-refractivity contribution is -0.115. The summed E-state index contributed by atoms with van der Waals surface area (Å²) in [6, 6.07) is 4.09. The largest absolute Gasteiger partial charge is 0.325 e. The van der Waals surface area contributed by atoms with Gasteiger partial charge in [-0.1, -0.05) is 23.4 Å². The van der Waals surface area contributed by atoms with E-state index in [2.05, 4.69) is 10.3 Å². The fourth-order valence-electron chi connectivity index (χ4n) is 1.41. The van der Waals surface area contributed by atoms with Gasteiger partial charge in [0.05, 0.1) is 10.3 Å². The molecule has 0 unspecified atom stereocenters. The number of anilines is 1. The molecule has 0 spiro atoms. The highest BCUT2D eigenvalue weighted by Gasteiger charge is 2.16. The number of carbonyl (C=O) groups is 1. The van der Waals surface area contributed by atoms with Gasteiger partial charge in [0.15, 0.2) is 4.34 Å². The average molecular weight is 331 g/mol. The van der Waals surface area contributed by atoms with Crippen molar-refractivity contribution >= 4 is 46.3 Å². The van der Waals surface area contributed by atoms with Gasteiger partial charge in [-0.3, -0.25) is 4.79 Å². The van der Waals surface area contributed by atoms with E-state index in [-0.39, 0.29) is 16.2 Å². The van der Waals surface area contributed by atoms with Gasteiger partial charge in [-0.2, -0.15) is 0 Å². The van der Waals surface area contributed by atoms with Crippen molar-refractivity contribution < 1.29 is 9.18 Å². The molecule has 0 fully saturated rings. The summed E-state index contributed by atoms with van der Waals surface area (Å²) in [5, 5.41) is 4.32. The van der Waals surface area contributed by atoms with E-state index in [1.165, 1.54) is 41.3 Å². The molecule has 0 aliphatic carbocycles. The number of aryl methyl sites for hydroxylation is 1. The number of aromatic nitrogens is 1. The van der Waals surface area contributed by atoms with Crippen molar-refractivity contribution in [3.63, 3.8) is 0 Å². The molecular weight excluding hydrogens is 319 g/mol. The van der Waals surface area contributed by atoms with Gasteiger partial charge in [0.1, 0.15) is 5.82 Å². The molecule has 0 aliphatic heterocycles. The van der Waals surface area contributed by atoms with Crippen LogP contribution >= 0.6 is 34.7 Å². The van der Waals surface area contributed by atoms with Crippen molar-refractivity contribution in [2.45, 2.75) is 23.4 Å². The van der Waals surface area contributed by atoms with Crippen LogP contribution in [0.25, 0.3) is 0 Å². The number of halogens is 2. The Morgan fingerprint density at radius 3 is 2.90 bits per heavy atom. The van der Waals surface area contributed by atoms with Crippen LogP contribution in [0.4, 0.5) is 10.1 Å². The predicted octanol–water partition coefficient (Wildman–Crippen LogP) is 4.36. The summed E-state index contributed by atoms with van der Waals surface area (Å²) in [6.45, 7) is 3.70. The van der Waals surface area contributed by atoms with Crippen molar-refractivity contribution in [1.82, 2.24) is 4.98 Å². The Morgan fingerprint density at radius 1 is 1.55 bits per heavy atom. The van der Waals surface area contributed by atoms with Crippen molar-refractivity contribution in [2.75, 3.05) is 5.32 Å². The number of amides is 1. The molecule has 3 nitrogen and oxygen atoms in total. The van der Waals surface area contributed by atoms with Crippen molar-refractivity contribution in [3.8, 4) is 0 Å². The summed E-state index contributed by atoms with van der Waals surface area (Å²) < 4.78 is 13.9. The molecule has 0 saturated heterocycles. The van der Waals surface area contributed by atoms with Crippen LogP contribution in [0.15, 0.2) is 27.9 Å². The molecule has 1 N–H and O–H groups in total. The first-order valence-electron chi connectivity index (χ1n) is 5.80. The summed E-state index contributed by atoms with van der Waals surface area (Å²) >= 11 is 8.56. The minimum absolute atomic E-state index is 0.0151. The third kappa shape index (κ3) is 3.94. The van der Waals surface area contributed by atoms with Gasteiger partial charge in [-0.05, 0) is 32.0 Å². The Bertz CT molecular complexity index is 633. The Balaban J connectivity index is 1.98. The Morgan fingerprint density at radius 2 is 2.30 bits per heavy atom. The third-order valence-corrected chi connectivity index (χ3v) is 4.91. The van der Waals surface area contributed by atoms with Gasteiger partial charge < -0.3 is 5.32 Å². The van der Waals surface area contributed by atoms with Crippen LogP contribution < -0.4 is 5.32 Å². The van der Waals surface area contributed by atoms with Crippen LogP contribution in [0.1, 0.15) is 12.6 Å². The van der Waals surface area contributed by atoms with E-state index < -0.39 is 5.82 Å². The van der Waals surface area contributed by atoms with Gasteiger partial charge in [-0.15, -0.1) is 11.3 Å². The zero-order valence-electron chi connectivity index (χ0n) is 10.8. The van der Waals surface area contributed by atoms with Gasteiger partial charge >= 0.3 is 0 Å². The Hall–Kier alpha value is -1.11. The van der Waals surface area contributed by atoms with Crippen LogP contribution in [0.5, 0.6) is 0 Å². The standard InChI is InChI=1S/C13H12ClFN2OS2/c1-7-6-19-13(16-7)20-8(2)12(18)17-9-3-4-11(15)10(14)5-9/h3-6,8H,1-2H3,(H,17,18)/t8-/m1/s1. The number of rotatable bonds is 4. The first-order chi connectivity index (χ1) is 9.45. The lowest BCUT2D eigenvalue weighted by atomic mass is 10.3. The summed E-state index contributed by atoms with van der Waals surface area (Å²) in [5.74, 6) is -0.684. The second-order valence-corrected chi connectivity index (χ2v) is 6.99. The minimum Gasteiger partial charge on any atom is -0.325 e. The second kappa shape index (κ2) is 6.56. The molecule has 1 aromatic carbocycles. The maximum Gasteiger partial charge on any atom is 0.237 e. The quantitative estimate of drug-likeness (QED) is 0.847. The molecule has 0 radical (unpaired) electrons. The lowest BCUT2D eigenvalue weighted by Crippen LogP contribution is -2.22. The zero-order valence-corrected chi connectivity index (χ0v) is 13.2. The number of benzene rings is 1. The minimum atomic E-state index is -0.509. The monoisotopic (exact) mass is 330 g/mol. The van der Waals surface area contributed by atoms with Gasteiger partial charge in [0.2, 0.25) is 5.91 Å². The summed E-state index contributed by atoms with van der Waals surface area (Å²) in [7, 11) is 0. The molecule has 2 rings (SSSR count). The van der Waals surface area contributed by atoms with E-state index in [1.54, 1.807) is 6.92 Å². The molecular formula is C13H12ClFN2OS2. The van der Waals surface area contributed by atoms with Crippen LogP contribution in [0.2, 0.25) is 5.02 Å². The summed E-state index contributed by atoms with van der Waals surface area (Å²) in [5.41, 5.74) is 1.42. The molecule has 20 heavy (non-hydrogen) atoms. The van der Waals surface area contributed by atoms with E-state index in [4.69, 9.17) is 11.6 Å². The van der Waals surface area contributed by atoms with Gasteiger partial charge in [-0.25, -0.2) is 9.37 Å². The lowest BCUT2D eigenvalue weighted by Gasteiger charge is -2.10. The number of nitrogens with zero attached hydrogens (tertiary/aromatic N) is 1. The maximum absolute atomic E-state index is 13.0. The number of carbonyl (C=O) groups excluding carboxylic acids is 1. The van der Waals surface area contributed by atoms with E-state index in [0.717, 1.165) is 10.0 Å². The number of nitrogens with one attached hydrogen (secondary N) is 1. The zero-order chi connectivity index (χ0) is 14.7. The smallest absolute Gasteiger partial charge is 0.237 e. The van der Waals surface area contributed by atoms with E-state index in [0.29, 0.717) is 5.69 Å². The molecule has 0 aliphatic rings. The second-order valence-electron chi connectivity index (χ2n) is 4.13. The topological polar surface area (TPSA) is 42.0 Å². The summed E-state index contributed by atoms with van der Waals surface area (Å²) in [4.78, 5) is 16.3. The Kier molecular flexibility index (Phi) is 5.01. The van der Waals surface area contributed by atoms with Crippen LogP contribution in [0.3, 0.4) is 0 Å². The predicted molar refractivity (Wildman–Crippen MR) is 82.2 cm³/mol. The Labute approximate surface area is 129 Å². The summed E-state index contributed by atoms with van der Waals surface area (Å²) in [6.07, 6.45) is 0. The van der Waals surface area contributed by atoms with Crippen molar-refractivity contribution in [2.24, 2.45) is 0 Å². The average Bonchev–Trinajstić information content (AvgIpc) is 2.79. The van der Waals surface area contributed by atoms with Crippen molar-refractivity contribution in [3.05, 3.63) is 40.1 Å². The van der Waals surface area contributed by atoms with Crippen LogP contribution in [-0.4, -0.2) is 16.1 Å². The number of thioether (sulfide) groups is 1. The molecule has 1 atom stereocenters. The molecule has 0 saturated carbocycles. The normalized spacial score (nSPS) is 12.2. The van der Waals surface area contributed by atoms with Crippen molar-refractivity contribution in [1.29, 1.82) is 0 Å². The third-order valence-electron chi connectivity index (χ3n) is 2.43. The highest BCUT2D eigenvalue weighted by molar-refractivity contribution is 8.02. The first kappa shape index (κ1) is 15.3. The SMILES string of the molecule is Cc1csc(S[C@H](C)C(=O)Nc2ccc(F)c(Cl)c2)n1. The number of thiazole rings is 1. The molecule has 7 heteroatoms. The van der Waals surface area contributed by atoms with Gasteiger partial charge in [0.25, 0.3) is 0 Å². The molecule has 0 bridgehead atoms. The fourth-order valence-corrected chi connectivity index (χ4v) is 3.58. The molecule has 1 aromatic heterocycles. The highest BCUT2D eigenvalue weighted by Crippen LogP contribution is 2.27. The van der Waals surface area contributed by atoms with Crippen LogP contribution in [0, 0.1) is 12.7 Å². The highest BCUT2D eigenvalue weighted by atomic mass is 35.5. The van der Waals surface area contributed by atoms with E-state index in [9.17, 15) is 9.18 Å². The maximum atomic E-state index is 13.0. The molecule has 2 aromatic rings. The van der Waals surface area contributed by atoms with E-state index in [1.807, 2.05) is 12.3 Å². The number of hydrogen-bond acceptors (Lipinski definition) is 4. The molecule has 1 heterocycles. The fraction of sp³-hybridized carbons (Fsp3) is 0.231. The number of hydrogen-bond donors (Lipinski definition) is 1. The van der Waals surface area contributed by atoms with Crippen LogP contribution in [-0.2, 0) is 4.79 Å². The first-order valence-corrected chi connectivity index (χ1v) is 7.94. The van der Waals surface area contributed by atoms with E-state index >= 15 is 0 Å². The van der Waals surface area contributed by atoms with Gasteiger partial charge in [0, 0.05) is 16.8 Å². The molecule has 1 amide bonds.